The van der Waals surface area contributed by atoms with Gasteiger partial charge < -0.3 is 4.42 Å². The molecule has 0 N–H and O–H groups in total. The van der Waals surface area contributed by atoms with E-state index in [1.165, 1.54) is 0 Å². The predicted molar refractivity (Wildman–Crippen MR) is 221 cm³/mol. The third-order valence-electron chi connectivity index (χ3n) is 10.4. The summed E-state index contributed by atoms with van der Waals surface area (Å²) in [5, 5.41) is 6.79. The summed E-state index contributed by atoms with van der Waals surface area (Å²) in [6.45, 7) is 0. The van der Waals surface area contributed by atoms with Crippen LogP contribution in [0.25, 0.3) is 105 Å². The molecule has 0 radical (unpaired) electrons. The number of nitrogens with zero attached hydrogens (tertiary/aromatic N) is 4. The van der Waals surface area contributed by atoms with Crippen LogP contribution >= 0.6 is 0 Å². The third-order valence-corrected chi connectivity index (χ3v) is 10.4. The molecule has 0 spiro atoms. The lowest BCUT2D eigenvalue weighted by Gasteiger charge is -2.12. The predicted octanol–water partition coefficient (Wildman–Crippen LogP) is 12.7. The highest BCUT2D eigenvalue weighted by atomic mass is 16.3. The lowest BCUT2D eigenvalue weighted by atomic mass is 9.98. The Hall–Kier alpha value is -7.37. The lowest BCUT2D eigenvalue weighted by molar-refractivity contribution is 0.672. The van der Waals surface area contributed by atoms with Gasteiger partial charge in [-0.05, 0) is 76.2 Å². The Morgan fingerprint density at radius 1 is 0.352 bits per heavy atom. The van der Waals surface area contributed by atoms with Gasteiger partial charge >= 0.3 is 0 Å². The van der Waals surface area contributed by atoms with E-state index in [9.17, 15) is 0 Å². The highest BCUT2D eigenvalue weighted by Gasteiger charge is 2.18. The molecule has 3 heterocycles. The number of hydrogen-bond donors (Lipinski definition) is 0. The number of benzene rings is 8. The first-order chi connectivity index (χ1) is 26.7. The number of aromatic nitrogens is 4. The maximum Gasteiger partial charge on any atom is 0.238 e. The zero-order chi connectivity index (χ0) is 35.6. The van der Waals surface area contributed by atoms with Crippen LogP contribution in [0.5, 0.6) is 0 Å². The van der Waals surface area contributed by atoms with Crippen molar-refractivity contribution in [2.75, 3.05) is 0 Å². The van der Waals surface area contributed by atoms with Gasteiger partial charge in [0.25, 0.3) is 0 Å². The first kappa shape index (κ1) is 30.3. The van der Waals surface area contributed by atoms with Crippen LogP contribution in [0.3, 0.4) is 0 Å². The number of hydrogen-bond acceptors (Lipinski definition) is 4. The first-order valence-corrected chi connectivity index (χ1v) is 18.1. The zero-order valence-electron chi connectivity index (χ0n) is 29.0. The molecule has 0 aliphatic carbocycles. The third kappa shape index (κ3) is 4.90. The van der Waals surface area contributed by atoms with E-state index in [1.807, 2.05) is 18.2 Å². The fraction of sp³-hybridized carbons (Fsp3) is 0. The number of rotatable bonds is 5. The van der Waals surface area contributed by atoms with Crippen molar-refractivity contribution in [1.82, 2.24) is 19.5 Å². The minimum Gasteiger partial charge on any atom is -0.455 e. The van der Waals surface area contributed by atoms with Crippen LogP contribution < -0.4 is 0 Å². The summed E-state index contributed by atoms with van der Waals surface area (Å²) in [5.74, 6) is 1.79. The molecule has 0 aliphatic heterocycles. The van der Waals surface area contributed by atoms with Gasteiger partial charge in [-0.1, -0.05) is 133 Å². The Bertz CT molecular complexity index is 3180. The van der Waals surface area contributed by atoms with Crippen LogP contribution in [0.2, 0.25) is 0 Å². The Kier molecular flexibility index (Phi) is 6.79. The van der Waals surface area contributed by atoms with Crippen molar-refractivity contribution in [2.24, 2.45) is 0 Å². The van der Waals surface area contributed by atoms with E-state index in [0.717, 1.165) is 87.9 Å². The van der Waals surface area contributed by atoms with E-state index in [4.69, 9.17) is 19.4 Å². The molecule has 11 aromatic rings. The largest absolute Gasteiger partial charge is 0.455 e. The fourth-order valence-electron chi connectivity index (χ4n) is 7.86. The molecule has 0 unspecified atom stereocenters. The van der Waals surface area contributed by atoms with E-state index in [-0.39, 0.29) is 0 Å². The molecule has 5 heteroatoms. The fourth-order valence-corrected chi connectivity index (χ4v) is 7.86. The van der Waals surface area contributed by atoms with Crippen molar-refractivity contribution < 1.29 is 4.42 Å². The summed E-state index contributed by atoms with van der Waals surface area (Å²) in [6, 6.07) is 63.3. The number of furan rings is 1. The van der Waals surface area contributed by atoms with Gasteiger partial charge in [0, 0.05) is 38.1 Å². The van der Waals surface area contributed by atoms with Crippen LogP contribution in [-0.4, -0.2) is 19.5 Å². The molecule has 0 saturated carbocycles. The van der Waals surface area contributed by atoms with Crippen LogP contribution in [-0.2, 0) is 0 Å². The molecule has 0 amide bonds. The van der Waals surface area contributed by atoms with Gasteiger partial charge in [-0.15, -0.1) is 0 Å². The molecule has 0 bridgehead atoms. The molecular weight excluding hydrogens is 661 g/mol. The molecule has 8 aromatic carbocycles. The standard InChI is InChI=1S/C49H30N4O/c1-2-12-31(13-3-1)32-14-10-16-36(29-32)47-50-48(52-49(51-47)53-43-21-7-4-18-39(43)40-19-5-8-22-44(40)53)37-17-11-15-33(30-37)34-24-26-38-35(28-34)25-27-42-41-20-6-9-23-45(41)54-46(38)42/h1-30H. The minimum absolute atomic E-state index is 0.573. The molecule has 11 rings (SSSR count). The first-order valence-electron chi connectivity index (χ1n) is 18.1. The molecule has 54 heavy (non-hydrogen) atoms. The van der Waals surface area contributed by atoms with Gasteiger partial charge in [0.05, 0.1) is 11.0 Å². The zero-order valence-corrected chi connectivity index (χ0v) is 29.0. The number of para-hydroxylation sites is 3. The second-order valence-corrected chi connectivity index (χ2v) is 13.7. The average molecular weight is 691 g/mol. The molecule has 5 nitrogen and oxygen atoms in total. The van der Waals surface area contributed by atoms with E-state index >= 15 is 0 Å². The number of fused-ring (bicyclic) bond motifs is 8. The minimum atomic E-state index is 0.573. The summed E-state index contributed by atoms with van der Waals surface area (Å²) in [5.41, 5.74) is 10.2. The van der Waals surface area contributed by atoms with E-state index in [2.05, 4.69) is 168 Å². The molecule has 0 fully saturated rings. The molecule has 252 valence electrons. The van der Waals surface area contributed by atoms with E-state index in [0.29, 0.717) is 17.6 Å². The van der Waals surface area contributed by atoms with Gasteiger partial charge in [-0.2, -0.15) is 9.97 Å². The quantitative estimate of drug-likeness (QED) is 0.180. The van der Waals surface area contributed by atoms with Crippen molar-refractivity contribution in [2.45, 2.75) is 0 Å². The van der Waals surface area contributed by atoms with Crippen molar-refractivity contribution in [1.29, 1.82) is 0 Å². The van der Waals surface area contributed by atoms with Crippen LogP contribution in [0.4, 0.5) is 0 Å². The maximum absolute atomic E-state index is 6.34. The molecular formula is C49H30N4O. The Balaban J connectivity index is 1.08. The highest BCUT2D eigenvalue weighted by molar-refractivity contribution is 6.15. The van der Waals surface area contributed by atoms with Gasteiger partial charge in [-0.25, -0.2) is 4.98 Å². The van der Waals surface area contributed by atoms with Gasteiger partial charge in [0.2, 0.25) is 5.95 Å². The van der Waals surface area contributed by atoms with Crippen molar-refractivity contribution in [3.8, 4) is 51.0 Å². The monoisotopic (exact) mass is 690 g/mol. The summed E-state index contributed by atoms with van der Waals surface area (Å²) < 4.78 is 8.50. The summed E-state index contributed by atoms with van der Waals surface area (Å²) in [7, 11) is 0. The van der Waals surface area contributed by atoms with Gasteiger partial charge in [0.1, 0.15) is 11.2 Å². The highest BCUT2D eigenvalue weighted by Crippen LogP contribution is 2.37. The topological polar surface area (TPSA) is 56.7 Å². The average Bonchev–Trinajstić information content (AvgIpc) is 3.80. The molecule has 0 saturated heterocycles. The summed E-state index contributed by atoms with van der Waals surface area (Å²) in [6.07, 6.45) is 0. The second-order valence-electron chi connectivity index (χ2n) is 13.7. The summed E-state index contributed by atoms with van der Waals surface area (Å²) >= 11 is 0. The molecule has 0 atom stereocenters. The second kappa shape index (κ2) is 12.1. The van der Waals surface area contributed by atoms with Crippen molar-refractivity contribution >= 4 is 54.5 Å². The van der Waals surface area contributed by atoms with Gasteiger partial charge in [-0.3, -0.25) is 4.57 Å². The Morgan fingerprint density at radius 2 is 0.889 bits per heavy atom. The van der Waals surface area contributed by atoms with E-state index < -0.39 is 0 Å². The summed E-state index contributed by atoms with van der Waals surface area (Å²) in [4.78, 5) is 15.6. The van der Waals surface area contributed by atoms with Crippen molar-refractivity contribution in [3.63, 3.8) is 0 Å². The van der Waals surface area contributed by atoms with Crippen LogP contribution in [0.1, 0.15) is 0 Å². The Labute approximate surface area is 310 Å². The van der Waals surface area contributed by atoms with Crippen LogP contribution in [0.15, 0.2) is 186 Å². The normalized spacial score (nSPS) is 11.7. The van der Waals surface area contributed by atoms with Crippen molar-refractivity contribution in [3.05, 3.63) is 182 Å². The van der Waals surface area contributed by atoms with E-state index in [1.54, 1.807) is 0 Å². The molecule has 0 aliphatic rings. The molecule has 3 aromatic heterocycles. The maximum atomic E-state index is 6.34. The smallest absolute Gasteiger partial charge is 0.238 e. The SMILES string of the molecule is c1ccc(-c2cccc(-c3nc(-c4cccc(-c5ccc6c(ccc7c8ccccc8oc67)c5)c4)nc(-n4c5ccccc5c5ccccc54)n3)c2)cc1. The van der Waals surface area contributed by atoms with Gasteiger partial charge in [0.15, 0.2) is 11.6 Å². The van der Waals surface area contributed by atoms with Crippen LogP contribution in [0, 0.1) is 0 Å². The lowest BCUT2D eigenvalue weighted by Crippen LogP contribution is -2.06. The Morgan fingerprint density at radius 3 is 1.59 bits per heavy atom.